The van der Waals surface area contributed by atoms with E-state index in [1.807, 2.05) is 13.8 Å². The summed E-state index contributed by atoms with van der Waals surface area (Å²) in [5.41, 5.74) is -0.456. The minimum absolute atomic E-state index is 0.287. The fourth-order valence-corrected chi connectivity index (χ4v) is 1.16. The van der Waals surface area contributed by atoms with Gasteiger partial charge in [-0.1, -0.05) is 0 Å². The third kappa shape index (κ3) is 2.42. The van der Waals surface area contributed by atoms with Crippen LogP contribution in [0.4, 0.5) is 0 Å². The van der Waals surface area contributed by atoms with Gasteiger partial charge in [-0.15, -0.1) is 0 Å². The summed E-state index contributed by atoms with van der Waals surface area (Å²) in [5.74, 6) is -0.287. The van der Waals surface area contributed by atoms with E-state index in [4.69, 9.17) is 14.2 Å². The largest absolute Gasteiger partial charge is 0.464 e. The number of epoxide rings is 1. The van der Waals surface area contributed by atoms with E-state index < -0.39 is 11.7 Å². The first-order valence-corrected chi connectivity index (χ1v) is 4.56. The number of carbonyl (C=O) groups is 1. The Kier molecular flexibility index (Phi) is 3.27. The molecule has 0 aliphatic carbocycles. The SMILES string of the molecule is CCOCC1(C)OC1C(=O)OCC. The minimum Gasteiger partial charge on any atom is -0.464 e. The molecule has 1 heterocycles. The molecule has 0 N–H and O–H groups in total. The van der Waals surface area contributed by atoms with Gasteiger partial charge in [-0.25, -0.2) is 4.79 Å². The van der Waals surface area contributed by atoms with E-state index in [9.17, 15) is 4.79 Å². The van der Waals surface area contributed by atoms with E-state index in [1.165, 1.54) is 0 Å². The van der Waals surface area contributed by atoms with Crippen molar-refractivity contribution in [1.29, 1.82) is 0 Å². The van der Waals surface area contributed by atoms with Crippen LogP contribution in [0.25, 0.3) is 0 Å². The molecular weight excluding hydrogens is 172 g/mol. The van der Waals surface area contributed by atoms with Gasteiger partial charge in [-0.2, -0.15) is 0 Å². The van der Waals surface area contributed by atoms with Gasteiger partial charge in [0.05, 0.1) is 13.2 Å². The summed E-state index contributed by atoms with van der Waals surface area (Å²) in [6, 6.07) is 0. The highest BCUT2D eigenvalue weighted by Gasteiger charge is 2.58. The van der Waals surface area contributed by atoms with Crippen molar-refractivity contribution in [2.45, 2.75) is 32.5 Å². The van der Waals surface area contributed by atoms with E-state index in [0.717, 1.165) is 0 Å². The number of rotatable bonds is 5. The monoisotopic (exact) mass is 188 g/mol. The zero-order chi connectivity index (χ0) is 9.90. The summed E-state index contributed by atoms with van der Waals surface area (Å²) >= 11 is 0. The number of esters is 1. The van der Waals surface area contributed by atoms with Crippen LogP contribution in [0.15, 0.2) is 0 Å². The third-order valence-corrected chi connectivity index (χ3v) is 1.98. The molecule has 0 aromatic heterocycles. The lowest BCUT2D eigenvalue weighted by atomic mass is 10.1. The molecular formula is C9H16O4. The molecule has 76 valence electrons. The van der Waals surface area contributed by atoms with Crippen molar-refractivity contribution in [2.24, 2.45) is 0 Å². The normalized spacial score (nSPS) is 31.5. The molecule has 0 saturated carbocycles. The lowest BCUT2D eigenvalue weighted by Gasteiger charge is -2.05. The van der Waals surface area contributed by atoms with Crippen molar-refractivity contribution in [3.05, 3.63) is 0 Å². The minimum atomic E-state index is -0.456. The van der Waals surface area contributed by atoms with Gasteiger partial charge in [0.2, 0.25) is 0 Å². The number of hydrogen-bond acceptors (Lipinski definition) is 4. The molecule has 1 rings (SSSR count). The molecule has 0 bridgehead atoms. The zero-order valence-corrected chi connectivity index (χ0v) is 8.33. The van der Waals surface area contributed by atoms with Gasteiger partial charge in [0, 0.05) is 6.61 Å². The van der Waals surface area contributed by atoms with Crippen molar-refractivity contribution >= 4 is 5.97 Å². The summed E-state index contributed by atoms with van der Waals surface area (Å²) in [7, 11) is 0. The second-order valence-corrected chi connectivity index (χ2v) is 3.20. The maximum absolute atomic E-state index is 11.2. The topological polar surface area (TPSA) is 48.1 Å². The van der Waals surface area contributed by atoms with Gasteiger partial charge in [0.25, 0.3) is 0 Å². The van der Waals surface area contributed by atoms with Crippen molar-refractivity contribution in [3.8, 4) is 0 Å². The van der Waals surface area contributed by atoms with Gasteiger partial charge in [0.15, 0.2) is 6.10 Å². The maximum Gasteiger partial charge on any atom is 0.338 e. The van der Waals surface area contributed by atoms with Crippen LogP contribution in [0.2, 0.25) is 0 Å². The van der Waals surface area contributed by atoms with Crippen molar-refractivity contribution < 1.29 is 19.0 Å². The Balaban J connectivity index is 2.30. The molecule has 1 aliphatic heterocycles. The zero-order valence-electron chi connectivity index (χ0n) is 8.33. The van der Waals surface area contributed by atoms with Crippen LogP contribution in [0.3, 0.4) is 0 Å². The Morgan fingerprint density at radius 1 is 1.46 bits per heavy atom. The Morgan fingerprint density at radius 3 is 2.69 bits per heavy atom. The highest BCUT2D eigenvalue weighted by Crippen LogP contribution is 2.37. The van der Waals surface area contributed by atoms with Crippen molar-refractivity contribution in [2.75, 3.05) is 19.8 Å². The molecule has 1 saturated heterocycles. The Morgan fingerprint density at radius 2 is 2.15 bits per heavy atom. The summed E-state index contributed by atoms with van der Waals surface area (Å²) in [4.78, 5) is 11.2. The predicted molar refractivity (Wildman–Crippen MR) is 46.4 cm³/mol. The van der Waals surface area contributed by atoms with Crippen LogP contribution in [0.1, 0.15) is 20.8 Å². The average Bonchev–Trinajstić information content (AvgIpc) is 2.76. The number of ether oxygens (including phenoxy) is 3. The van der Waals surface area contributed by atoms with Gasteiger partial charge < -0.3 is 14.2 Å². The van der Waals surface area contributed by atoms with E-state index in [2.05, 4.69) is 0 Å². The quantitative estimate of drug-likeness (QED) is 0.471. The summed E-state index contributed by atoms with van der Waals surface area (Å²) in [6.45, 7) is 7.01. The first-order chi connectivity index (χ1) is 6.14. The van der Waals surface area contributed by atoms with Crippen LogP contribution >= 0.6 is 0 Å². The molecule has 13 heavy (non-hydrogen) atoms. The maximum atomic E-state index is 11.2. The Bertz CT molecular complexity index is 192. The van der Waals surface area contributed by atoms with Crippen molar-refractivity contribution in [3.63, 3.8) is 0 Å². The van der Waals surface area contributed by atoms with Crippen molar-refractivity contribution in [1.82, 2.24) is 0 Å². The molecule has 4 nitrogen and oxygen atoms in total. The summed E-state index contributed by atoms with van der Waals surface area (Å²) in [5, 5.41) is 0. The smallest absolute Gasteiger partial charge is 0.338 e. The number of hydrogen-bond donors (Lipinski definition) is 0. The van der Waals surface area contributed by atoms with Crippen LogP contribution in [-0.4, -0.2) is 37.5 Å². The molecule has 0 spiro atoms. The number of carbonyl (C=O) groups excluding carboxylic acids is 1. The van der Waals surface area contributed by atoms with Gasteiger partial charge in [-0.05, 0) is 20.8 Å². The average molecular weight is 188 g/mol. The molecule has 0 radical (unpaired) electrons. The highest BCUT2D eigenvalue weighted by atomic mass is 16.7. The summed E-state index contributed by atoms with van der Waals surface area (Å²) < 4.78 is 15.2. The van der Waals surface area contributed by atoms with E-state index in [-0.39, 0.29) is 5.97 Å². The fraction of sp³-hybridized carbons (Fsp3) is 0.889. The second-order valence-electron chi connectivity index (χ2n) is 3.20. The lowest BCUT2D eigenvalue weighted by molar-refractivity contribution is -0.144. The first kappa shape index (κ1) is 10.5. The van der Waals surface area contributed by atoms with Gasteiger partial charge in [-0.3, -0.25) is 0 Å². The van der Waals surface area contributed by atoms with Crippen LogP contribution < -0.4 is 0 Å². The predicted octanol–water partition coefficient (Wildman–Crippen LogP) is 0.744. The molecule has 4 heteroatoms. The van der Waals surface area contributed by atoms with E-state index in [0.29, 0.717) is 19.8 Å². The Labute approximate surface area is 78.2 Å². The van der Waals surface area contributed by atoms with Crippen LogP contribution in [0.5, 0.6) is 0 Å². The van der Waals surface area contributed by atoms with Gasteiger partial charge in [0.1, 0.15) is 5.60 Å². The Hall–Kier alpha value is -0.610. The molecule has 0 amide bonds. The molecule has 1 aliphatic rings. The molecule has 2 unspecified atom stereocenters. The van der Waals surface area contributed by atoms with E-state index >= 15 is 0 Å². The van der Waals surface area contributed by atoms with Gasteiger partial charge >= 0.3 is 5.97 Å². The lowest BCUT2D eigenvalue weighted by Crippen LogP contribution is -2.24. The highest BCUT2D eigenvalue weighted by molar-refractivity contribution is 5.79. The standard InChI is InChI=1S/C9H16O4/c1-4-11-6-9(3)7(13-9)8(10)12-5-2/h7H,4-6H2,1-3H3. The third-order valence-electron chi connectivity index (χ3n) is 1.98. The van der Waals surface area contributed by atoms with Crippen LogP contribution in [-0.2, 0) is 19.0 Å². The second kappa shape index (κ2) is 4.07. The summed E-state index contributed by atoms with van der Waals surface area (Å²) in [6.07, 6.45) is -0.431. The van der Waals surface area contributed by atoms with Crippen LogP contribution in [0, 0.1) is 0 Å². The van der Waals surface area contributed by atoms with E-state index in [1.54, 1.807) is 6.92 Å². The molecule has 0 aromatic rings. The fourth-order valence-electron chi connectivity index (χ4n) is 1.16. The molecule has 2 atom stereocenters. The molecule has 0 aromatic carbocycles. The first-order valence-electron chi connectivity index (χ1n) is 4.56. The molecule has 1 fully saturated rings.